The lowest BCUT2D eigenvalue weighted by molar-refractivity contribution is -0.139. The number of carboxylic acids is 1. The molecule has 2 N–H and O–H groups in total. The van der Waals surface area contributed by atoms with Gasteiger partial charge in [0, 0.05) is 26.7 Å². The van der Waals surface area contributed by atoms with Crippen LogP contribution in [0.4, 0.5) is 4.79 Å². The predicted octanol–water partition coefficient (Wildman–Crippen LogP) is 1.70. The molecule has 0 aromatic heterocycles. The van der Waals surface area contributed by atoms with Crippen molar-refractivity contribution in [2.24, 2.45) is 5.41 Å². The molecule has 0 aliphatic carbocycles. The monoisotopic (exact) mass is 286 g/mol. The summed E-state index contributed by atoms with van der Waals surface area (Å²) in [5, 5.41) is 11.5. The lowest BCUT2D eigenvalue weighted by atomic mass is 9.78. The SMILES string of the molecule is CCC1(C)CCN(C(=O)NCC(CC(=O)O)OC)CC1. The number of carbonyl (C=O) groups is 2. The zero-order valence-corrected chi connectivity index (χ0v) is 12.6. The number of carbonyl (C=O) groups excluding carboxylic acids is 1. The van der Waals surface area contributed by atoms with Gasteiger partial charge in [0.15, 0.2) is 0 Å². The summed E-state index contributed by atoms with van der Waals surface area (Å²) in [5.74, 6) is -0.928. The number of methoxy groups -OCH3 is 1. The van der Waals surface area contributed by atoms with Crippen LogP contribution in [0, 0.1) is 5.41 Å². The Balaban J connectivity index is 2.35. The van der Waals surface area contributed by atoms with E-state index in [4.69, 9.17) is 9.84 Å². The summed E-state index contributed by atoms with van der Waals surface area (Å²) in [6.45, 7) is 6.18. The van der Waals surface area contributed by atoms with Gasteiger partial charge in [0.05, 0.1) is 12.5 Å². The van der Waals surface area contributed by atoms with Gasteiger partial charge in [0.25, 0.3) is 0 Å². The lowest BCUT2D eigenvalue weighted by Gasteiger charge is -2.38. The fourth-order valence-electron chi connectivity index (χ4n) is 2.35. The van der Waals surface area contributed by atoms with Crippen molar-refractivity contribution in [2.75, 3.05) is 26.7 Å². The maximum absolute atomic E-state index is 12.0. The number of aliphatic carboxylic acids is 1. The summed E-state index contributed by atoms with van der Waals surface area (Å²) in [4.78, 5) is 24.4. The number of urea groups is 1. The molecule has 20 heavy (non-hydrogen) atoms. The van der Waals surface area contributed by atoms with Crippen molar-refractivity contribution in [2.45, 2.75) is 45.6 Å². The molecule has 1 aliphatic heterocycles. The lowest BCUT2D eigenvalue weighted by Crippen LogP contribution is -2.48. The van der Waals surface area contributed by atoms with Gasteiger partial charge in [0.1, 0.15) is 0 Å². The highest BCUT2D eigenvalue weighted by Crippen LogP contribution is 2.33. The van der Waals surface area contributed by atoms with Crippen LogP contribution in [0.25, 0.3) is 0 Å². The van der Waals surface area contributed by atoms with Gasteiger partial charge < -0.3 is 20.1 Å². The van der Waals surface area contributed by atoms with E-state index >= 15 is 0 Å². The van der Waals surface area contributed by atoms with Gasteiger partial charge >= 0.3 is 12.0 Å². The van der Waals surface area contributed by atoms with Gasteiger partial charge in [-0.2, -0.15) is 0 Å². The van der Waals surface area contributed by atoms with Crippen molar-refractivity contribution in [3.05, 3.63) is 0 Å². The standard InChI is InChI=1S/C14H26N2O4/c1-4-14(2)5-7-16(8-6-14)13(19)15-10-11(20-3)9-12(17)18/h11H,4-10H2,1-3H3,(H,15,19)(H,17,18). The Hall–Kier alpha value is -1.30. The summed E-state index contributed by atoms with van der Waals surface area (Å²) in [6.07, 6.45) is 2.57. The Kier molecular flexibility index (Phi) is 6.26. The summed E-state index contributed by atoms with van der Waals surface area (Å²) in [7, 11) is 1.45. The largest absolute Gasteiger partial charge is 0.481 e. The van der Waals surface area contributed by atoms with Crippen LogP contribution in [0.1, 0.15) is 39.5 Å². The van der Waals surface area contributed by atoms with Crippen molar-refractivity contribution >= 4 is 12.0 Å². The van der Waals surface area contributed by atoms with E-state index in [2.05, 4.69) is 19.2 Å². The second-order valence-corrected chi connectivity index (χ2v) is 5.79. The number of hydrogen-bond acceptors (Lipinski definition) is 3. The minimum absolute atomic E-state index is 0.106. The summed E-state index contributed by atoms with van der Waals surface area (Å²) < 4.78 is 5.04. The Labute approximate surface area is 120 Å². The molecule has 1 unspecified atom stereocenters. The average molecular weight is 286 g/mol. The number of nitrogens with one attached hydrogen (secondary N) is 1. The maximum Gasteiger partial charge on any atom is 0.317 e. The first-order valence-electron chi connectivity index (χ1n) is 7.17. The molecule has 2 amide bonds. The number of amides is 2. The van der Waals surface area contributed by atoms with E-state index in [0.29, 0.717) is 5.41 Å². The van der Waals surface area contributed by atoms with Gasteiger partial charge in [-0.05, 0) is 18.3 Å². The van der Waals surface area contributed by atoms with Crippen LogP contribution in [0.3, 0.4) is 0 Å². The van der Waals surface area contributed by atoms with Crippen molar-refractivity contribution in [3.63, 3.8) is 0 Å². The molecule has 116 valence electrons. The van der Waals surface area contributed by atoms with Crippen molar-refractivity contribution in [3.8, 4) is 0 Å². The maximum atomic E-state index is 12.0. The second kappa shape index (κ2) is 7.47. The first-order chi connectivity index (χ1) is 9.40. The molecule has 0 radical (unpaired) electrons. The molecule has 1 rings (SSSR count). The molecule has 1 atom stereocenters. The smallest absolute Gasteiger partial charge is 0.317 e. The van der Waals surface area contributed by atoms with Gasteiger partial charge in [-0.15, -0.1) is 0 Å². The number of nitrogens with zero attached hydrogens (tertiary/aromatic N) is 1. The van der Waals surface area contributed by atoms with Crippen molar-refractivity contribution < 1.29 is 19.4 Å². The minimum Gasteiger partial charge on any atom is -0.481 e. The van der Waals surface area contributed by atoms with Gasteiger partial charge in [0.2, 0.25) is 0 Å². The molecule has 0 aromatic rings. The molecule has 1 aliphatic rings. The van der Waals surface area contributed by atoms with E-state index in [0.717, 1.165) is 32.4 Å². The molecule has 1 saturated heterocycles. The molecule has 0 aromatic carbocycles. The molecular weight excluding hydrogens is 260 g/mol. The number of rotatable bonds is 6. The fourth-order valence-corrected chi connectivity index (χ4v) is 2.35. The Bertz CT molecular complexity index is 338. The number of likely N-dealkylation sites (tertiary alicyclic amines) is 1. The molecule has 6 nitrogen and oxygen atoms in total. The Morgan fingerprint density at radius 2 is 2.00 bits per heavy atom. The first kappa shape index (κ1) is 16.8. The summed E-state index contributed by atoms with van der Waals surface area (Å²) in [5.41, 5.74) is 0.342. The van der Waals surface area contributed by atoms with E-state index < -0.39 is 12.1 Å². The number of carboxylic acid groups (broad SMARTS) is 1. The highest BCUT2D eigenvalue weighted by atomic mass is 16.5. The van der Waals surface area contributed by atoms with Crippen LogP contribution in [-0.4, -0.2) is 54.9 Å². The summed E-state index contributed by atoms with van der Waals surface area (Å²) in [6, 6.07) is -0.129. The highest BCUT2D eigenvalue weighted by molar-refractivity contribution is 5.74. The molecule has 1 fully saturated rings. The predicted molar refractivity (Wildman–Crippen MR) is 75.7 cm³/mol. The van der Waals surface area contributed by atoms with E-state index in [1.807, 2.05) is 0 Å². The Morgan fingerprint density at radius 1 is 1.40 bits per heavy atom. The van der Waals surface area contributed by atoms with Gasteiger partial charge in [-0.25, -0.2) is 4.79 Å². The number of piperidine rings is 1. The molecule has 0 bridgehead atoms. The summed E-state index contributed by atoms with van der Waals surface area (Å²) >= 11 is 0. The van der Waals surface area contributed by atoms with E-state index in [1.54, 1.807) is 4.90 Å². The Morgan fingerprint density at radius 3 is 2.45 bits per heavy atom. The van der Waals surface area contributed by atoms with Gasteiger partial charge in [-0.3, -0.25) is 4.79 Å². The van der Waals surface area contributed by atoms with Crippen LogP contribution in [0.2, 0.25) is 0 Å². The topological polar surface area (TPSA) is 78.9 Å². The van der Waals surface area contributed by atoms with E-state index in [-0.39, 0.29) is 19.0 Å². The van der Waals surface area contributed by atoms with Crippen LogP contribution in [0.15, 0.2) is 0 Å². The number of ether oxygens (including phenoxy) is 1. The van der Waals surface area contributed by atoms with Gasteiger partial charge in [-0.1, -0.05) is 20.3 Å². The van der Waals surface area contributed by atoms with E-state index in [9.17, 15) is 9.59 Å². The quantitative estimate of drug-likeness (QED) is 0.779. The highest BCUT2D eigenvalue weighted by Gasteiger charge is 2.30. The third-order valence-electron chi connectivity index (χ3n) is 4.33. The van der Waals surface area contributed by atoms with Crippen LogP contribution < -0.4 is 5.32 Å². The zero-order valence-electron chi connectivity index (χ0n) is 12.6. The first-order valence-corrected chi connectivity index (χ1v) is 7.17. The molecule has 0 saturated carbocycles. The molecule has 6 heteroatoms. The van der Waals surface area contributed by atoms with Crippen LogP contribution in [0.5, 0.6) is 0 Å². The third-order valence-corrected chi connectivity index (χ3v) is 4.33. The number of hydrogen-bond donors (Lipinski definition) is 2. The normalized spacial score (nSPS) is 19.4. The van der Waals surface area contributed by atoms with E-state index in [1.165, 1.54) is 7.11 Å². The zero-order chi connectivity index (χ0) is 15.2. The van der Waals surface area contributed by atoms with Crippen LogP contribution in [-0.2, 0) is 9.53 Å². The van der Waals surface area contributed by atoms with Crippen LogP contribution >= 0.6 is 0 Å². The second-order valence-electron chi connectivity index (χ2n) is 5.79. The van der Waals surface area contributed by atoms with Crippen molar-refractivity contribution in [1.82, 2.24) is 10.2 Å². The molecule has 0 spiro atoms. The molecule has 1 heterocycles. The minimum atomic E-state index is -0.928. The fraction of sp³-hybridized carbons (Fsp3) is 0.857. The van der Waals surface area contributed by atoms with Crippen molar-refractivity contribution in [1.29, 1.82) is 0 Å². The molecular formula is C14H26N2O4. The average Bonchev–Trinajstić information content (AvgIpc) is 2.43. The third kappa shape index (κ3) is 5.00.